The van der Waals surface area contributed by atoms with Crippen molar-refractivity contribution in [1.29, 1.82) is 0 Å². The first-order valence-electron chi connectivity index (χ1n) is 5.18. The Bertz CT molecular complexity index is 512. The Hall–Kier alpha value is -1.62. The van der Waals surface area contributed by atoms with Crippen molar-refractivity contribution < 1.29 is 18.3 Å². The standard InChI is InChI=1S/C12H14O4S/c1-2-3-8-17(15,16)11-6-4-10(5-7-11)9-12(13)14/h3-8H,2,9H2,1H3,(H,13,14)/b8-3+. The van der Waals surface area contributed by atoms with Gasteiger partial charge in [-0.1, -0.05) is 25.1 Å². The van der Waals surface area contributed by atoms with Crippen LogP contribution in [-0.4, -0.2) is 19.5 Å². The van der Waals surface area contributed by atoms with Crippen molar-refractivity contribution in [3.8, 4) is 0 Å². The number of rotatable bonds is 5. The summed E-state index contributed by atoms with van der Waals surface area (Å²) in [6.07, 6.45) is 2.11. The number of hydrogen-bond acceptors (Lipinski definition) is 3. The summed E-state index contributed by atoms with van der Waals surface area (Å²) < 4.78 is 23.4. The average Bonchev–Trinajstić information content (AvgIpc) is 2.26. The monoisotopic (exact) mass is 254 g/mol. The molecule has 0 amide bonds. The van der Waals surface area contributed by atoms with Gasteiger partial charge in [0.15, 0.2) is 9.84 Å². The van der Waals surface area contributed by atoms with Crippen LogP contribution in [0.25, 0.3) is 0 Å². The number of hydrogen-bond donors (Lipinski definition) is 1. The molecule has 0 saturated carbocycles. The van der Waals surface area contributed by atoms with Crippen LogP contribution in [0.4, 0.5) is 0 Å². The van der Waals surface area contributed by atoms with Crippen LogP contribution in [0.15, 0.2) is 40.6 Å². The Morgan fingerprint density at radius 1 is 1.29 bits per heavy atom. The highest BCUT2D eigenvalue weighted by Gasteiger charge is 2.10. The fourth-order valence-electron chi connectivity index (χ4n) is 1.27. The highest BCUT2D eigenvalue weighted by atomic mass is 32.2. The number of carbonyl (C=O) groups is 1. The van der Waals surface area contributed by atoms with Crippen LogP contribution in [0.3, 0.4) is 0 Å². The fourth-order valence-corrected chi connectivity index (χ4v) is 2.39. The summed E-state index contributed by atoms with van der Waals surface area (Å²) in [4.78, 5) is 10.6. The van der Waals surface area contributed by atoms with E-state index in [0.717, 1.165) is 0 Å². The molecular weight excluding hydrogens is 240 g/mol. The van der Waals surface area contributed by atoms with Gasteiger partial charge in [-0.15, -0.1) is 0 Å². The maximum Gasteiger partial charge on any atom is 0.307 e. The molecule has 0 aromatic heterocycles. The van der Waals surface area contributed by atoms with E-state index < -0.39 is 15.8 Å². The maximum absolute atomic E-state index is 11.7. The van der Waals surface area contributed by atoms with Gasteiger partial charge in [0.2, 0.25) is 0 Å². The molecule has 0 heterocycles. The van der Waals surface area contributed by atoms with Gasteiger partial charge in [-0.2, -0.15) is 0 Å². The van der Waals surface area contributed by atoms with Crippen molar-refractivity contribution in [3.05, 3.63) is 41.3 Å². The third kappa shape index (κ3) is 4.03. The van der Waals surface area contributed by atoms with Crippen LogP contribution in [0.5, 0.6) is 0 Å². The Balaban J connectivity index is 2.95. The zero-order chi connectivity index (χ0) is 12.9. The van der Waals surface area contributed by atoms with Gasteiger partial charge < -0.3 is 5.11 Å². The molecule has 4 nitrogen and oxygen atoms in total. The second kappa shape index (κ2) is 5.63. The molecule has 1 N–H and O–H groups in total. The predicted molar refractivity (Wildman–Crippen MR) is 64.4 cm³/mol. The first-order valence-corrected chi connectivity index (χ1v) is 6.72. The van der Waals surface area contributed by atoms with E-state index in [1.165, 1.54) is 29.7 Å². The largest absolute Gasteiger partial charge is 0.481 e. The molecule has 1 rings (SSSR count). The zero-order valence-electron chi connectivity index (χ0n) is 9.46. The number of benzene rings is 1. The zero-order valence-corrected chi connectivity index (χ0v) is 10.3. The molecule has 0 saturated heterocycles. The molecule has 0 aliphatic heterocycles. The van der Waals surface area contributed by atoms with E-state index >= 15 is 0 Å². The highest BCUT2D eigenvalue weighted by molar-refractivity contribution is 7.94. The van der Waals surface area contributed by atoms with Gasteiger partial charge in [-0.05, 0) is 24.1 Å². The van der Waals surface area contributed by atoms with Gasteiger partial charge in [0.1, 0.15) is 0 Å². The highest BCUT2D eigenvalue weighted by Crippen LogP contribution is 2.14. The molecule has 5 heteroatoms. The van der Waals surface area contributed by atoms with Crippen molar-refractivity contribution in [2.24, 2.45) is 0 Å². The lowest BCUT2D eigenvalue weighted by Gasteiger charge is -2.01. The minimum absolute atomic E-state index is 0.106. The molecule has 0 atom stereocenters. The second-order valence-corrected chi connectivity index (χ2v) is 5.37. The maximum atomic E-state index is 11.7. The average molecular weight is 254 g/mol. The van der Waals surface area contributed by atoms with E-state index in [2.05, 4.69) is 0 Å². The molecule has 0 radical (unpaired) electrons. The van der Waals surface area contributed by atoms with Crippen molar-refractivity contribution >= 4 is 15.8 Å². The molecule has 17 heavy (non-hydrogen) atoms. The summed E-state index contributed by atoms with van der Waals surface area (Å²) in [5.41, 5.74) is 0.580. The number of carboxylic acids is 1. The van der Waals surface area contributed by atoms with E-state index in [1.807, 2.05) is 6.92 Å². The lowest BCUT2D eigenvalue weighted by atomic mass is 10.2. The number of aliphatic carboxylic acids is 1. The van der Waals surface area contributed by atoms with Gasteiger partial charge in [0, 0.05) is 5.41 Å². The summed E-state index contributed by atoms with van der Waals surface area (Å²) in [7, 11) is -3.40. The van der Waals surface area contributed by atoms with Gasteiger partial charge in [-0.3, -0.25) is 4.79 Å². The quantitative estimate of drug-likeness (QED) is 0.872. The topological polar surface area (TPSA) is 71.4 Å². The minimum Gasteiger partial charge on any atom is -0.481 e. The summed E-state index contributed by atoms with van der Waals surface area (Å²) in [6.45, 7) is 1.85. The summed E-state index contributed by atoms with van der Waals surface area (Å²) in [6, 6.07) is 5.88. The molecule has 0 bridgehead atoms. The van der Waals surface area contributed by atoms with Crippen LogP contribution in [0.2, 0.25) is 0 Å². The molecule has 0 aliphatic carbocycles. The van der Waals surface area contributed by atoms with Crippen molar-refractivity contribution in [3.63, 3.8) is 0 Å². The predicted octanol–water partition coefficient (Wildman–Crippen LogP) is 2.01. The first kappa shape index (κ1) is 13.4. The third-order valence-electron chi connectivity index (χ3n) is 2.12. The molecule has 0 unspecified atom stereocenters. The molecule has 0 aliphatic rings. The van der Waals surface area contributed by atoms with E-state index in [1.54, 1.807) is 6.08 Å². The Kier molecular flexibility index (Phi) is 4.45. The number of sulfone groups is 1. The van der Waals surface area contributed by atoms with Gasteiger partial charge in [-0.25, -0.2) is 8.42 Å². The molecule has 92 valence electrons. The SMILES string of the molecule is CC/C=C/S(=O)(=O)c1ccc(CC(=O)O)cc1. The van der Waals surface area contributed by atoms with Crippen molar-refractivity contribution in [2.45, 2.75) is 24.7 Å². The minimum atomic E-state index is -3.40. The van der Waals surface area contributed by atoms with Gasteiger partial charge >= 0.3 is 5.97 Å². The van der Waals surface area contributed by atoms with Crippen LogP contribution in [0.1, 0.15) is 18.9 Å². The molecule has 0 spiro atoms. The number of carboxylic acid groups (broad SMARTS) is 1. The lowest BCUT2D eigenvalue weighted by molar-refractivity contribution is -0.136. The smallest absolute Gasteiger partial charge is 0.307 e. The molecule has 1 aromatic carbocycles. The van der Waals surface area contributed by atoms with E-state index in [4.69, 9.17) is 5.11 Å². The van der Waals surface area contributed by atoms with Crippen LogP contribution < -0.4 is 0 Å². The Morgan fingerprint density at radius 3 is 2.35 bits per heavy atom. The summed E-state index contributed by atoms with van der Waals surface area (Å²) in [5, 5.41) is 9.75. The molecule has 0 fully saturated rings. The molecular formula is C12H14O4S. The third-order valence-corrected chi connectivity index (χ3v) is 3.60. The Labute approximate surface area is 101 Å². The lowest BCUT2D eigenvalue weighted by Crippen LogP contribution is -2.01. The van der Waals surface area contributed by atoms with Crippen molar-refractivity contribution in [1.82, 2.24) is 0 Å². The Morgan fingerprint density at radius 2 is 1.88 bits per heavy atom. The van der Waals surface area contributed by atoms with Gasteiger partial charge in [0.25, 0.3) is 0 Å². The van der Waals surface area contributed by atoms with Crippen molar-refractivity contribution in [2.75, 3.05) is 0 Å². The summed E-state index contributed by atoms with van der Waals surface area (Å²) >= 11 is 0. The second-order valence-electron chi connectivity index (χ2n) is 3.54. The normalized spacial score (nSPS) is 11.8. The number of allylic oxidation sites excluding steroid dienone is 1. The van der Waals surface area contributed by atoms with Crippen LogP contribution in [0, 0.1) is 0 Å². The van der Waals surface area contributed by atoms with Gasteiger partial charge in [0.05, 0.1) is 11.3 Å². The van der Waals surface area contributed by atoms with E-state index in [0.29, 0.717) is 12.0 Å². The van der Waals surface area contributed by atoms with Crippen LogP contribution >= 0.6 is 0 Å². The van der Waals surface area contributed by atoms with E-state index in [-0.39, 0.29) is 11.3 Å². The fraction of sp³-hybridized carbons (Fsp3) is 0.250. The summed E-state index contributed by atoms with van der Waals surface area (Å²) in [5.74, 6) is -0.938. The molecule has 1 aromatic rings. The first-order chi connectivity index (χ1) is 7.95. The van der Waals surface area contributed by atoms with Crippen LogP contribution in [-0.2, 0) is 21.1 Å². The van der Waals surface area contributed by atoms with E-state index in [9.17, 15) is 13.2 Å².